The number of nitrogens with one attached hydrogen (secondary N) is 1. The van der Waals surface area contributed by atoms with Gasteiger partial charge in [0.25, 0.3) is 0 Å². The first-order valence-corrected chi connectivity index (χ1v) is 10.9. The molecule has 0 spiro atoms. The van der Waals surface area contributed by atoms with Gasteiger partial charge >= 0.3 is 12.1 Å². The maximum Gasteiger partial charge on any atom is 0.412 e. The zero-order valence-corrected chi connectivity index (χ0v) is 18.6. The molecule has 2 atom stereocenters. The molecule has 176 valence electrons. The Bertz CT molecular complexity index is 1330. The summed E-state index contributed by atoms with van der Waals surface area (Å²) in [5.41, 5.74) is 1.08. The van der Waals surface area contributed by atoms with Crippen LogP contribution in [0.5, 0.6) is 11.5 Å². The van der Waals surface area contributed by atoms with Crippen molar-refractivity contribution in [3.05, 3.63) is 115 Å². The van der Waals surface area contributed by atoms with Crippen molar-refractivity contribution in [2.24, 2.45) is 0 Å². The fourth-order valence-corrected chi connectivity index (χ4v) is 3.61. The highest BCUT2D eigenvalue weighted by Crippen LogP contribution is 2.29. The van der Waals surface area contributed by atoms with E-state index < -0.39 is 24.3 Å². The molecule has 0 bridgehead atoms. The lowest BCUT2D eigenvalue weighted by atomic mass is 10.0. The molecule has 35 heavy (non-hydrogen) atoms. The van der Waals surface area contributed by atoms with Crippen LogP contribution in [0.15, 0.2) is 109 Å². The molecule has 0 radical (unpaired) electrons. The van der Waals surface area contributed by atoms with Crippen molar-refractivity contribution in [1.29, 1.82) is 0 Å². The Morgan fingerprint density at radius 1 is 0.829 bits per heavy atom. The van der Waals surface area contributed by atoms with Crippen molar-refractivity contribution >= 4 is 28.5 Å². The van der Waals surface area contributed by atoms with Crippen LogP contribution in [0.1, 0.15) is 11.7 Å². The zero-order chi connectivity index (χ0) is 24.6. The SMILES string of the molecule is O=C(O)/C=C/[C@H](Oc1ccccc1)[C@@H](OC(=O)Nc1cccc2ccccc12)c1ccc(O)cc1. The number of carbonyl (C=O) groups excluding carboxylic acids is 1. The number of phenolic OH excluding ortho intramolecular Hbond substituents is 1. The number of hydrogen-bond donors (Lipinski definition) is 3. The highest BCUT2D eigenvalue weighted by atomic mass is 16.6. The first kappa shape index (κ1) is 23.4. The molecule has 4 aromatic carbocycles. The van der Waals surface area contributed by atoms with Gasteiger partial charge in [0.2, 0.25) is 0 Å². The van der Waals surface area contributed by atoms with Crippen molar-refractivity contribution in [2.45, 2.75) is 12.2 Å². The highest BCUT2D eigenvalue weighted by Gasteiger charge is 2.28. The molecular formula is C28H23NO6. The Hall–Kier alpha value is -4.78. The number of para-hydroxylation sites is 1. The van der Waals surface area contributed by atoms with Crippen LogP contribution in [0, 0.1) is 0 Å². The van der Waals surface area contributed by atoms with Crippen molar-refractivity contribution in [1.82, 2.24) is 0 Å². The summed E-state index contributed by atoms with van der Waals surface area (Å²) in [4.78, 5) is 24.3. The van der Waals surface area contributed by atoms with Crippen LogP contribution in [0.25, 0.3) is 10.8 Å². The van der Waals surface area contributed by atoms with Gasteiger partial charge in [-0.25, -0.2) is 9.59 Å². The molecule has 3 N–H and O–H groups in total. The van der Waals surface area contributed by atoms with Gasteiger partial charge in [0.1, 0.15) is 11.5 Å². The van der Waals surface area contributed by atoms with Crippen LogP contribution >= 0.6 is 0 Å². The number of hydrogen-bond acceptors (Lipinski definition) is 5. The Balaban J connectivity index is 1.65. The molecule has 0 unspecified atom stereocenters. The minimum absolute atomic E-state index is 0.0364. The Kier molecular flexibility index (Phi) is 7.28. The molecule has 1 amide bonds. The summed E-state index contributed by atoms with van der Waals surface area (Å²) in [6.07, 6.45) is -0.493. The Morgan fingerprint density at radius 3 is 2.26 bits per heavy atom. The second-order valence-corrected chi connectivity index (χ2v) is 7.66. The van der Waals surface area contributed by atoms with Gasteiger partial charge in [0, 0.05) is 11.5 Å². The van der Waals surface area contributed by atoms with Crippen molar-refractivity contribution < 1.29 is 29.3 Å². The topological polar surface area (TPSA) is 105 Å². The molecule has 7 heteroatoms. The van der Waals surface area contributed by atoms with Crippen LogP contribution in [-0.2, 0) is 9.53 Å². The van der Waals surface area contributed by atoms with E-state index in [-0.39, 0.29) is 5.75 Å². The summed E-state index contributed by atoms with van der Waals surface area (Å²) in [6, 6.07) is 28.0. The molecule has 0 aliphatic rings. The number of aliphatic carboxylic acids is 1. The number of amides is 1. The second kappa shape index (κ2) is 10.9. The van der Waals surface area contributed by atoms with Gasteiger partial charge in [0.05, 0.1) is 5.69 Å². The van der Waals surface area contributed by atoms with Gasteiger partial charge < -0.3 is 19.7 Å². The predicted molar refractivity (Wildman–Crippen MR) is 133 cm³/mol. The highest BCUT2D eigenvalue weighted by molar-refractivity contribution is 6.00. The van der Waals surface area contributed by atoms with Gasteiger partial charge in [-0.3, -0.25) is 5.32 Å². The monoisotopic (exact) mass is 469 g/mol. The largest absolute Gasteiger partial charge is 0.508 e. The Morgan fingerprint density at radius 2 is 1.51 bits per heavy atom. The van der Waals surface area contributed by atoms with Crippen LogP contribution in [0.4, 0.5) is 10.5 Å². The van der Waals surface area contributed by atoms with Gasteiger partial charge in [-0.15, -0.1) is 0 Å². The summed E-state index contributed by atoms with van der Waals surface area (Å²) in [5, 5.41) is 23.5. The minimum atomic E-state index is -1.17. The maximum absolute atomic E-state index is 13.0. The maximum atomic E-state index is 13.0. The third kappa shape index (κ3) is 6.17. The molecule has 0 fully saturated rings. The molecule has 0 aliphatic carbocycles. The molecule has 4 aromatic rings. The van der Waals surface area contributed by atoms with Crippen molar-refractivity contribution in [3.8, 4) is 11.5 Å². The predicted octanol–water partition coefficient (Wildman–Crippen LogP) is 5.92. The number of aromatic hydroxyl groups is 1. The lowest BCUT2D eigenvalue weighted by molar-refractivity contribution is -0.131. The standard InChI is InChI=1S/C28H23NO6/c30-21-15-13-20(14-16-21)27(25(17-18-26(31)32)34-22-9-2-1-3-10-22)35-28(33)29-24-12-6-8-19-7-4-5-11-23(19)24/h1-18,25,27,30H,(H,29,33)(H,31,32)/b18-17+/t25-,27-/m0/s1. The van der Waals surface area contributed by atoms with Gasteiger partial charge in [-0.1, -0.05) is 66.7 Å². The molecule has 0 saturated carbocycles. The van der Waals surface area contributed by atoms with Crippen molar-refractivity contribution in [3.63, 3.8) is 0 Å². The molecule has 7 nitrogen and oxygen atoms in total. The van der Waals surface area contributed by atoms with E-state index in [1.165, 1.54) is 18.2 Å². The van der Waals surface area contributed by atoms with Gasteiger partial charge in [-0.2, -0.15) is 0 Å². The van der Waals surface area contributed by atoms with Gasteiger partial charge in [-0.05, 0) is 47.4 Å². The third-order valence-corrected chi connectivity index (χ3v) is 5.22. The van der Waals surface area contributed by atoms with Crippen molar-refractivity contribution in [2.75, 3.05) is 5.32 Å². The molecule has 0 heterocycles. The van der Waals surface area contributed by atoms with E-state index in [1.807, 2.05) is 42.5 Å². The minimum Gasteiger partial charge on any atom is -0.508 e. The first-order chi connectivity index (χ1) is 17.0. The summed E-state index contributed by atoms with van der Waals surface area (Å²) in [6.45, 7) is 0. The number of carbonyl (C=O) groups is 2. The number of ether oxygens (including phenoxy) is 2. The fraction of sp³-hybridized carbons (Fsp3) is 0.0714. The first-order valence-electron chi connectivity index (χ1n) is 10.9. The number of fused-ring (bicyclic) bond motifs is 1. The smallest absolute Gasteiger partial charge is 0.412 e. The zero-order valence-electron chi connectivity index (χ0n) is 18.6. The second-order valence-electron chi connectivity index (χ2n) is 7.66. The van der Waals surface area contributed by atoms with E-state index in [0.717, 1.165) is 16.8 Å². The number of carboxylic acids is 1. The lowest BCUT2D eigenvalue weighted by Gasteiger charge is -2.26. The van der Waals surface area contributed by atoms with E-state index in [0.29, 0.717) is 17.0 Å². The molecule has 0 aromatic heterocycles. The summed E-state index contributed by atoms with van der Waals surface area (Å²) >= 11 is 0. The number of benzene rings is 4. The van der Waals surface area contributed by atoms with Crippen LogP contribution in [-0.4, -0.2) is 28.4 Å². The molecule has 0 aliphatic heterocycles. The van der Waals surface area contributed by atoms with Gasteiger partial charge in [0.15, 0.2) is 12.2 Å². The molecule has 0 saturated heterocycles. The Labute approximate surface area is 201 Å². The van der Waals surface area contributed by atoms with Crippen LogP contribution in [0.3, 0.4) is 0 Å². The fourth-order valence-electron chi connectivity index (χ4n) is 3.61. The number of rotatable bonds is 8. The molecular weight excluding hydrogens is 446 g/mol. The average molecular weight is 469 g/mol. The average Bonchev–Trinajstić information content (AvgIpc) is 2.87. The van der Waals surface area contributed by atoms with E-state index >= 15 is 0 Å². The van der Waals surface area contributed by atoms with E-state index in [1.54, 1.807) is 42.5 Å². The summed E-state index contributed by atoms with van der Waals surface area (Å²) in [7, 11) is 0. The van der Waals surface area contributed by atoms with E-state index in [4.69, 9.17) is 9.47 Å². The van der Waals surface area contributed by atoms with E-state index in [9.17, 15) is 19.8 Å². The number of anilines is 1. The normalized spacial score (nSPS) is 12.7. The third-order valence-electron chi connectivity index (χ3n) is 5.22. The number of phenols is 1. The van der Waals surface area contributed by atoms with Crippen LogP contribution < -0.4 is 10.1 Å². The van der Waals surface area contributed by atoms with E-state index in [2.05, 4.69) is 5.32 Å². The summed E-state index contributed by atoms with van der Waals surface area (Å²) < 4.78 is 11.8. The molecule has 4 rings (SSSR count). The summed E-state index contributed by atoms with van der Waals surface area (Å²) in [5.74, 6) is -0.667. The quantitative estimate of drug-likeness (QED) is 0.277. The van der Waals surface area contributed by atoms with Crippen LogP contribution in [0.2, 0.25) is 0 Å². The lowest BCUT2D eigenvalue weighted by Crippen LogP contribution is -2.29. The number of carboxylic acid groups (broad SMARTS) is 1.